The lowest BCUT2D eigenvalue weighted by Gasteiger charge is -2.09. The molecule has 21 heavy (non-hydrogen) atoms. The molecule has 0 aliphatic carbocycles. The number of oxime groups is 1. The third-order valence-electron chi connectivity index (χ3n) is 2.76. The lowest BCUT2D eigenvalue weighted by molar-refractivity contribution is 0.112. The molecule has 5 heteroatoms. The molecular weight excluding hydrogens is 273 g/mol. The van der Waals surface area contributed by atoms with E-state index in [-0.39, 0.29) is 17.9 Å². The van der Waals surface area contributed by atoms with Gasteiger partial charge in [0, 0.05) is 11.1 Å². The maximum Gasteiger partial charge on any atom is 0.165 e. The van der Waals surface area contributed by atoms with Crippen LogP contribution in [0.4, 0.5) is 4.39 Å². The number of carbonyl (C=O) groups excluding carboxylic acids is 1. The van der Waals surface area contributed by atoms with Crippen LogP contribution < -0.4 is 4.74 Å². The standard InChI is InChI=1S/C16H14FNO3/c1-20-18-15(13-5-3-2-4-6-13)11-21-16-8-7-12(10-19)9-14(16)17/h2-10H,11H2,1H3/b18-15+. The molecule has 2 aromatic rings. The first-order valence-corrected chi connectivity index (χ1v) is 6.27. The van der Waals surface area contributed by atoms with Crippen LogP contribution in [0.25, 0.3) is 0 Å². The first kappa shape index (κ1) is 14.7. The van der Waals surface area contributed by atoms with E-state index in [0.29, 0.717) is 12.0 Å². The predicted octanol–water partition coefficient (Wildman–Crippen LogP) is 3.07. The Morgan fingerprint density at radius 1 is 1.24 bits per heavy atom. The fourth-order valence-corrected chi connectivity index (χ4v) is 1.76. The molecule has 2 rings (SSSR count). The zero-order valence-electron chi connectivity index (χ0n) is 11.5. The third kappa shape index (κ3) is 3.89. The Balaban J connectivity index is 2.13. The minimum Gasteiger partial charge on any atom is -0.484 e. The second kappa shape index (κ2) is 7.19. The van der Waals surface area contributed by atoms with Gasteiger partial charge in [0.1, 0.15) is 25.7 Å². The molecule has 0 aliphatic rings. The van der Waals surface area contributed by atoms with E-state index in [1.165, 1.54) is 19.2 Å². The molecule has 0 amide bonds. The van der Waals surface area contributed by atoms with Crippen LogP contribution in [0, 0.1) is 5.82 Å². The molecule has 2 aromatic carbocycles. The van der Waals surface area contributed by atoms with Crippen LogP contribution >= 0.6 is 0 Å². The lowest BCUT2D eigenvalue weighted by Crippen LogP contribution is -2.14. The van der Waals surface area contributed by atoms with E-state index in [4.69, 9.17) is 9.57 Å². The van der Waals surface area contributed by atoms with Crippen molar-refractivity contribution >= 4 is 12.0 Å². The van der Waals surface area contributed by atoms with Crippen LogP contribution in [0.2, 0.25) is 0 Å². The zero-order valence-corrected chi connectivity index (χ0v) is 11.5. The van der Waals surface area contributed by atoms with Crippen LogP contribution in [0.3, 0.4) is 0 Å². The smallest absolute Gasteiger partial charge is 0.165 e. The summed E-state index contributed by atoms with van der Waals surface area (Å²) >= 11 is 0. The number of carbonyl (C=O) groups is 1. The van der Waals surface area contributed by atoms with Gasteiger partial charge in [-0.25, -0.2) is 4.39 Å². The summed E-state index contributed by atoms with van der Waals surface area (Å²) in [7, 11) is 1.43. The molecule has 0 atom stereocenters. The van der Waals surface area contributed by atoms with E-state index < -0.39 is 5.82 Å². The molecule has 0 fully saturated rings. The van der Waals surface area contributed by atoms with Crippen LogP contribution in [0.15, 0.2) is 53.7 Å². The van der Waals surface area contributed by atoms with Gasteiger partial charge in [-0.2, -0.15) is 0 Å². The summed E-state index contributed by atoms with van der Waals surface area (Å²) in [6.07, 6.45) is 0.578. The molecule has 0 aromatic heterocycles. The zero-order chi connectivity index (χ0) is 15.1. The number of rotatable bonds is 6. The summed E-state index contributed by atoms with van der Waals surface area (Å²) in [6, 6.07) is 13.3. The van der Waals surface area contributed by atoms with Crippen LogP contribution in [-0.2, 0) is 4.84 Å². The van der Waals surface area contributed by atoms with Crippen molar-refractivity contribution in [3.8, 4) is 5.75 Å². The van der Waals surface area contributed by atoms with Crippen molar-refractivity contribution in [3.63, 3.8) is 0 Å². The van der Waals surface area contributed by atoms with E-state index >= 15 is 0 Å². The summed E-state index contributed by atoms with van der Waals surface area (Å²) in [4.78, 5) is 15.3. The fourth-order valence-electron chi connectivity index (χ4n) is 1.76. The SMILES string of the molecule is CO/N=C(\COc1ccc(C=O)cc1F)c1ccccc1. The van der Waals surface area contributed by atoms with Crippen molar-refractivity contribution in [2.75, 3.05) is 13.7 Å². The third-order valence-corrected chi connectivity index (χ3v) is 2.76. The largest absolute Gasteiger partial charge is 0.484 e. The van der Waals surface area contributed by atoms with E-state index in [2.05, 4.69) is 5.16 Å². The van der Waals surface area contributed by atoms with Gasteiger partial charge in [0.2, 0.25) is 0 Å². The Morgan fingerprint density at radius 3 is 2.62 bits per heavy atom. The molecule has 0 saturated carbocycles. The monoisotopic (exact) mass is 287 g/mol. The summed E-state index contributed by atoms with van der Waals surface area (Å²) < 4.78 is 19.1. The summed E-state index contributed by atoms with van der Waals surface area (Å²) in [5.41, 5.74) is 1.62. The molecule has 4 nitrogen and oxygen atoms in total. The van der Waals surface area contributed by atoms with Gasteiger partial charge in [0.05, 0.1) is 0 Å². The maximum atomic E-state index is 13.7. The molecule has 0 N–H and O–H groups in total. The molecule has 0 bridgehead atoms. The van der Waals surface area contributed by atoms with E-state index in [0.717, 1.165) is 11.6 Å². The van der Waals surface area contributed by atoms with Crippen molar-refractivity contribution in [1.82, 2.24) is 0 Å². The van der Waals surface area contributed by atoms with Gasteiger partial charge in [-0.05, 0) is 18.2 Å². The van der Waals surface area contributed by atoms with Crippen LogP contribution in [0.5, 0.6) is 5.75 Å². The van der Waals surface area contributed by atoms with E-state index in [1.54, 1.807) is 0 Å². The van der Waals surface area contributed by atoms with Crippen molar-refractivity contribution in [1.29, 1.82) is 0 Å². The van der Waals surface area contributed by atoms with Gasteiger partial charge in [-0.3, -0.25) is 4.79 Å². The lowest BCUT2D eigenvalue weighted by atomic mass is 10.1. The van der Waals surface area contributed by atoms with Crippen LogP contribution in [0.1, 0.15) is 15.9 Å². The Morgan fingerprint density at radius 2 is 2.00 bits per heavy atom. The Labute approximate surface area is 121 Å². The first-order valence-electron chi connectivity index (χ1n) is 6.27. The average molecular weight is 287 g/mol. The summed E-state index contributed by atoms with van der Waals surface area (Å²) in [6.45, 7) is 0.0508. The predicted molar refractivity (Wildman–Crippen MR) is 77.3 cm³/mol. The highest BCUT2D eigenvalue weighted by Crippen LogP contribution is 2.18. The van der Waals surface area contributed by atoms with Gasteiger partial charge < -0.3 is 9.57 Å². The Bertz CT molecular complexity index is 641. The highest BCUT2D eigenvalue weighted by Gasteiger charge is 2.09. The van der Waals surface area contributed by atoms with Gasteiger partial charge >= 0.3 is 0 Å². The topological polar surface area (TPSA) is 47.9 Å². The second-order valence-electron chi connectivity index (χ2n) is 4.18. The van der Waals surface area contributed by atoms with Crippen molar-refractivity contribution in [2.24, 2.45) is 5.16 Å². The van der Waals surface area contributed by atoms with Crippen molar-refractivity contribution < 1.29 is 18.8 Å². The second-order valence-corrected chi connectivity index (χ2v) is 4.18. The summed E-state index contributed by atoms with van der Waals surface area (Å²) in [5.74, 6) is -0.537. The molecule has 0 aliphatic heterocycles. The summed E-state index contributed by atoms with van der Waals surface area (Å²) in [5, 5.41) is 3.89. The minimum absolute atomic E-state index is 0.0508. The van der Waals surface area contributed by atoms with Crippen LogP contribution in [-0.4, -0.2) is 25.7 Å². The molecule has 108 valence electrons. The Kier molecular flexibility index (Phi) is 5.04. The number of benzene rings is 2. The fraction of sp³-hybridized carbons (Fsp3) is 0.125. The molecule has 0 saturated heterocycles. The number of hydrogen-bond acceptors (Lipinski definition) is 4. The van der Waals surface area contributed by atoms with Gasteiger partial charge in [0.15, 0.2) is 11.6 Å². The normalized spacial score (nSPS) is 11.0. The number of nitrogens with zero attached hydrogens (tertiary/aromatic N) is 1. The Hall–Kier alpha value is -2.69. The van der Waals surface area contributed by atoms with Gasteiger partial charge in [-0.1, -0.05) is 35.5 Å². The number of ether oxygens (including phenoxy) is 1. The minimum atomic E-state index is -0.593. The number of halogens is 1. The molecule has 0 radical (unpaired) electrons. The maximum absolute atomic E-state index is 13.7. The molecule has 0 spiro atoms. The van der Waals surface area contributed by atoms with E-state index in [1.807, 2.05) is 30.3 Å². The molecule has 0 heterocycles. The molecular formula is C16H14FNO3. The van der Waals surface area contributed by atoms with E-state index in [9.17, 15) is 9.18 Å². The quantitative estimate of drug-likeness (QED) is 0.466. The van der Waals surface area contributed by atoms with Gasteiger partial charge in [0.25, 0.3) is 0 Å². The average Bonchev–Trinajstić information content (AvgIpc) is 2.53. The number of aldehydes is 1. The molecule has 0 unspecified atom stereocenters. The highest BCUT2D eigenvalue weighted by molar-refractivity contribution is 6.01. The van der Waals surface area contributed by atoms with Crippen molar-refractivity contribution in [3.05, 3.63) is 65.5 Å². The van der Waals surface area contributed by atoms with Gasteiger partial charge in [-0.15, -0.1) is 0 Å². The van der Waals surface area contributed by atoms with Crippen molar-refractivity contribution in [2.45, 2.75) is 0 Å². The number of hydrogen-bond donors (Lipinski definition) is 0. The highest BCUT2D eigenvalue weighted by atomic mass is 19.1. The first-order chi connectivity index (χ1) is 10.2.